The lowest BCUT2D eigenvalue weighted by Gasteiger charge is -2.35. The molecule has 3 unspecified atom stereocenters. The molecule has 1 aliphatic rings. The van der Waals surface area contributed by atoms with E-state index >= 15 is 0 Å². The molecule has 1 heterocycles. The summed E-state index contributed by atoms with van der Waals surface area (Å²) in [5.74, 6) is 2.20. The van der Waals surface area contributed by atoms with Crippen LogP contribution in [0.2, 0.25) is 0 Å². The van der Waals surface area contributed by atoms with Gasteiger partial charge in [0.15, 0.2) is 0 Å². The number of nitrogens with two attached hydrogens (primary N) is 1. The van der Waals surface area contributed by atoms with Crippen LogP contribution in [0.15, 0.2) is 15.9 Å². The van der Waals surface area contributed by atoms with Gasteiger partial charge in [0.2, 0.25) is 0 Å². The number of hydrogen-bond donors (Lipinski definition) is 1. The van der Waals surface area contributed by atoms with Crippen molar-refractivity contribution in [3.63, 3.8) is 0 Å². The first-order chi connectivity index (χ1) is 7.59. The van der Waals surface area contributed by atoms with E-state index in [2.05, 4.69) is 41.2 Å². The second-order valence-electron chi connectivity index (χ2n) is 5.22. The van der Waals surface area contributed by atoms with Crippen molar-refractivity contribution in [1.82, 2.24) is 0 Å². The molecule has 3 atom stereocenters. The molecule has 1 nitrogen and oxygen atoms in total. The summed E-state index contributed by atoms with van der Waals surface area (Å²) in [4.78, 5) is 1.46. The normalized spacial score (nSPS) is 30.9. The standard InChI is InChI=1S/C13H20BrNS/c1-8(2)9-3-4-12(15)10(7-9)13-11(14)5-6-16-13/h5-6,8-10,12H,3-4,7,15H2,1-2H3. The summed E-state index contributed by atoms with van der Waals surface area (Å²) in [7, 11) is 0. The Balaban J connectivity index is 2.16. The Morgan fingerprint density at radius 2 is 2.19 bits per heavy atom. The van der Waals surface area contributed by atoms with E-state index < -0.39 is 0 Å². The molecule has 0 bridgehead atoms. The minimum absolute atomic E-state index is 0.352. The highest BCUT2D eigenvalue weighted by atomic mass is 79.9. The Morgan fingerprint density at radius 3 is 2.75 bits per heavy atom. The molecule has 1 fully saturated rings. The number of halogens is 1. The van der Waals surface area contributed by atoms with E-state index in [1.165, 1.54) is 28.6 Å². The highest BCUT2D eigenvalue weighted by Crippen LogP contribution is 2.42. The molecular weight excluding hydrogens is 282 g/mol. The molecule has 3 heteroatoms. The fraction of sp³-hybridized carbons (Fsp3) is 0.692. The van der Waals surface area contributed by atoms with Crippen LogP contribution in [0.3, 0.4) is 0 Å². The fourth-order valence-electron chi connectivity index (χ4n) is 2.70. The largest absolute Gasteiger partial charge is 0.327 e. The van der Waals surface area contributed by atoms with E-state index in [0.29, 0.717) is 12.0 Å². The minimum atomic E-state index is 0.352. The van der Waals surface area contributed by atoms with Gasteiger partial charge in [0.25, 0.3) is 0 Å². The third kappa shape index (κ3) is 2.52. The summed E-state index contributed by atoms with van der Waals surface area (Å²) in [5, 5.41) is 2.16. The van der Waals surface area contributed by atoms with Gasteiger partial charge in [-0.1, -0.05) is 13.8 Å². The smallest absolute Gasteiger partial charge is 0.0317 e. The van der Waals surface area contributed by atoms with Crippen molar-refractivity contribution in [3.8, 4) is 0 Å². The molecule has 1 aromatic heterocycles. The maximum Gasteiger partial charge on any atom is 0.0317 e. The maximum absolute atomic E-state index is 6.29. The third-order valence-corrected chi connectivity index (χ3v) is 5.87. The van der Waals surface area contributed by atoms with Crippen molar-refractivity contribution in [2.45, 2.75) is 45.1 Å². The Morgan fingerprint density at radius 1 is 1.44 bits per heavy atom. The van der Waals surface area contributed by atoms with Crippen LogP contribution in [0.5, 0.6) is 0 Å². The SMILES string of the molecule is CC(C)C1CCC(N)C(c2sccc2Br)C1. The van der Waals surface area contributed by atoms with Crippen LogP contribution >= 0.6 is 27.3 Å². The van der Waals surface area contributed by atoms with Crippen molar-refractivity contribution < 1.29 is 0 Å². The average molecular weight is 302 g/mol. The summed E-state index contributed by atoms with van der Waals surface area (Å²) in [6, 6.07) is 2.50. The van der Waals surface area contributed by atoms with Gasteiger partial charge < -0.3 is 5.73 Å². The first-order valence-corrected chi connectivity index (χ1v) is 7.75. The van der Waals surface area contributed by atoms with E-state index in [4.69, 9.17) is 5.73 Å². The molecule has 0 aromatic carbocycles. The second-order valence-corrected chi connectivity index (χ2v) is 7.02. The topological polar surface area (TPSA) is 26.0 Å². The highest BCUT2D eigenvalue weighted by molar-refractivity contribution is 9.10. The highest BCUT2D eigenvalue weighted by Gasteiger charge is 2.32. The Bertz CT molecular complexity index is 347. The van der Waals surface area contributed by atoms with Crippen molar-refractivity contribution >= 4 is 27.3 Å². The van der Waals surface area contributed by atoms with Crippen LogP contribution in [0.1, 0.15) is 43.9 Å². The van der Waals surface area contributed by atoms with Gasteiger partial charge in [-0.2, -0.15) is 0 Å². The molecule has 0 aliphatic heterocycles. The number of rotatable bonds is 2. The van der Waals surface area contributed by atoms with Crippen LogP contribution in [-0.2, 0) is 0 Å². The fourth-order valence-corrected chi connectivity index (χ4v) is 4.56. The molecule has 90 valence electrons. The Hall–Kier alpha value is 0.140. The van der Waals surface area contributed by atoms with Gasteiger partial charge >= 0.3 is 0 Å². The van der Waals surface area contributed by atoms with Gasteiger partial charge in [0, 0.05) is 21.3 Å². The van der Waals surface area contributed by atoms with Crippen molar-refractivity contribution in [3.05, 3.63) is 20.8 Å². The summed E-state index contributed by atoms with van der Waals surface area (Å²) < 4.78 is 1.25. The van der Waals surface area contributed by atoms with E-state index in [9.17, 15) is 0 Å². The quantitative estimate of drug-likeness (QED) is 0.862. The maximum atomic E-state index is 6.29. The summed E-state index contributed by atoms with van der Waals surface area (Å²) in [6.07, 6.45) is 3.74. The predicted molar refractivity (Wildman–Crippen MR) is 74.9 cm³/mol. The molecule has 0 saturated heterocycles. The van der Waals surface area contributed by atoms with Crippen LogP contribution in [0.4, 0.5) is 0 Å². The van der Waals surface area contributed by atoms with E-state index in [1.807, 2.05) is 11.3 Å². The lowest BCUT2D eigenvalue weighted by Crippen LogP contribution is -2.35. The monoisotopic (exact) mass is 301 g/mol. The molecule has 0 amide bonds. The molecule has 1 saturated carbocycles. The molecule has 2 N–H and O–H groups in total. The molecule has 16 heavy (non-hydrogen) atoms. The van der Waals surface area contributed by atoms with E-state index in [0.717, 1.165) is 11.8 Å². The average Bonchev–Trinajstić information content (AvgIpc) is 2.65. The van der Waals surface area contributed by atoms with Crippen LogP contribution < -0.4 is 5.73 Å². The van der Waals surface area contributed by atoms with Crippen LogP contribution in [-0.4, -0.2) is 6.04 Å². The zero-order valence-corrected chi connectivity index (χ0v) is 12.4. The van der Waals surface area contributed by atoms with Gasteiger partial charge in [-0.25, -0.2) is 0 Å². The molecule has 1 aromatic rings. The van der Waals surface area contributed by atoms with Crippen molar-refractivity contribution in [2.75, 3.05) is 0 Å². The lowest BCUT2D eigenvalue weighted by atomic mass is 9.73. The van der Waals surface area contributed by atoms with Gasteiger partial charge in [0.1, 0.15) is 0 Å². The third-order valence-electron chi connectivity index (χ3n) is 3.87. The zero-order chi connectivity index (χ0) is 11.7. The molecule has 0 spiro atoms. The minimum Gasteiger partial charge on any atom is -0.327 e. The van der Waals surface area contributed by atoms with Gasteiger partial charge in [-0.15, -0.1) is 11.3 Å². The zero-order valence-electron chi connectivity index (χ0n) is 9.95. The Labute approximate surface area is 111 Å². The molecule has 2 rings (SSSR count). The first-order valence-electron chi connectivity index (χ1n) is 6.08. The van der Waals surface area contributed by atoms with Crippen molar-refractivity contribution in [2.24, 2.45) is 17.6 Å². The molecule has 0 radical (unpaired) electrons. The second kappa shape index (κ2) is 5.19. The van der Waals surface area contributed by atoms with E-state index in [1.54, 1.807) is 0 Å². The lowest BCUT2D eigenvalue weighted by molar-refractivity contribution is 0.234. The van der Waals surface area contributed by atoms with Gasteiger partial charge in [-0.05, 0) is 58.5 Å². The summed E-state index contributed by atoms with van der Waals surface area (Å²) in [6.45, 7) is 4.67. The summed E-state index contributed by atoms with van der Waals surface area (Å²) >= 11 is 5.49. The van der Waals surface area contributed by atoms with E-state index in [-0.39, 0.29) is 0 Å². The van der Waals surface area contributed by atoms with Crippen molar-refractivity contribution in [1.29, 1.82) is 0 Å². The molecular formula is C13H20BrNS. The van der Waals surface area contributed by atoms with Gasteiger partial charge in [-0.3, -0.25) is 0 Å². The van der Waals surface area contributed by atoms with Crippen LogP contribution in [0, 0.1) is 11.8 Å². The van der Waals surface area contributed by atoms with Crippen LogP contribution in [0.25, 0.3) is 0 Å². The Kier molecular flexibility index (Phi) is 4.09. The molecule has 1 aliphatic carbocycles. The summed E-state index contributed by atoms with van der Waals surface area (Å²) in [5.41, 5.74) is 6.29. The predicted octanol–water partition coefficient (Wildman–Crippen LogP) is 4.38. The number of thiophene rings is 1. The number of hydrogen-bond acceptors (Lipinski definition) is 2. The van der Waals surface area contributed by atoms with Gasteiger partial charge in [0.05, 0.1) is 0 Å². The first kappa shape index (κ1) is 12.6.